The van der Waals surface area contributed by atoms with Crippen molar-refractivity contribution in [1.29, 1.82) is 0 Å². The molecule has 2 atom stereocenters. The van der Waals surface area contributed by atoms with Crippen LogP contribution in [0, 0.1) is 0 Å². The van der Waals surface area contributed by atoms with Gasteiger partial charge >= 0.3 is 0 Å². The molecule has 18 heavy (non-hydrogen) atoms. The van der Waals surface area contributed by atoms with Crippen LogP contribution < -0.4 is 5.73 Å². The molecule has 2 rings (SSSR count). The van der Waals surface area contributed by atoms with Gasteiger partial charge in [-0.15, -0.1) is 0 Å². The largest absolute Gasteiger partial charge is 0.336 e. The summed E-state index contributed by atoms with van der Waals surface area (Å²) in [6.07, 6.45) is 9.92. The van der Waals surface area contributed by atoms with E-state index in [0.717, 1.165) is 18.3 Å². The van der Waals surface area contributed by atoms with Gasteiger partial charge in [-0.25, -0.2) is 4.98 Å². The predicted octanol–water partition coefficient (Wildman–Crippen LogP) is 1.64. The van der Waals surface area contributed by atoms with Crippen LogP contribution in [-0.4, -0.2) is 45.6 Å². The van der Waals surface area contributed by atoms with Crippen LogP contribution in [0.3, 0.4) is 0 Å². The Morgan fingerprint density at radius 3 is 2.94 bits per heavy atom. The van der Waals surface area contributed by atoms with Crippen LogP contribution in [-0.2, 0) is 7.05 Å². The second-order valence-corrected chi connectivity index (χ2v) is 6.14. The van der Waals surface area contributed by atoms with Gasteiger partial charge in [0.2, 0.25) is 0 Å². The Morgan fingerprint density at radius 2 is 2.33 bits per heavy atom. The normalized spacial score (nSPS) is 23.8. The number of rotatable bonds is 4. The van der Waals surface area contributed by atoms with E-state index in [1.807, 2.05) is 31.3 Å². The summed E-state index contributed by atoms with van der Waals surface area (Å²) >= 11 is 2.01. The number of thioether (sulfide) groups is 1. The molecule has 1 aliphatic rings. The summed E-state index contributed by atoms with van der Waals surface area (Å²) in [5, 5.41) is 0.819. The van der Waals surface area contributed by atoms with Crippen molar-refractivity contribution >= 4 is 11.8 Å². The number of hydrogen-bond acceptors (Lipinski definition) is 4. The van der Waals surface area contributed by atoms with E-state index in [1.54, 1.807) is 0 Å². The van der Waals surface area contributed by atoms with Gasteiger partial charge in [-0.3, -0.25) is 4.90 Å². The molecule has 2 unspecified atom stereocenters. The van der Waals surface area contributed by atoms with Crippen LogP contribution in [0.1, 0.15) is 31.0 Å². The van der Waals surface area contributed by atoms with Crippen molar-refractivity contribution in [3.05, 3.63) is 18.2 Å². The zero-order chi connectivity index (χ0) is 13.0. The molecule has 0 radical (unpaired) electrons. The Labute approximate surface area is 114 Å². The molecule has 102 valence electrons. The number of likely N-dealkylation sites (tertiary alicyclic amines) is 1. The van der Waals surface area contributed by atoms with Crippen LogP contribution in [0.4, 0.5) is 0 Å². The highest BCUT2D eigenvalue weighted by molar-refractivity contribution is 7.99. The van der Waals surface area contributed by atoms with Gasteiger partial charge in [0.25, 0.3) is 0 Å². The molecule has 0 aromatic carbocycles. The number of hydrogen-bond donors (Lipinski definition) is 1. The first-order valence-electron chi connectivity index (χ1n) is 6.69. The fraction of sp³-hybridized carbons (Fsp3) is 0.769. The fourth-order valence-corrected chi connectivity index (χ4v) is 3.52. The molecular formula is C13H24N4S. The smallest absolute Gasteiger partial charge is 0.0946 e. The fourth-order valence-electron chi connectivity index (χ4n) is 2.78. The Balaban J connectivity index is 2.06. The van der Waals surface area contributed by atoms with Gasteiger partial charge in [0.05, 0.1) is 18.1 Å². The van der Waals surface area contributed by atoms with E-state index >= 15 is 0 Å². The minimum atomic E-state index is 0.318. The van der Waals surface area contributed by atoms with E-state index in [9.17, 15) is 0 Å². The number of nitrogens with two attached hydrogens (primary N) is 1. The van der Waals surface area contributed by atoms with Crippen molar-refractivity contribution in [3.8, 4) is 0 Å². The lowest BCUT2D eigenvalue weighted by molar-refractivity contribution is 0.203. The molecule has 1 aliphatic heterocycles. The molecule has 0 bridgehead atoms. The molecule has 5 heteroatoms. The monoisotopic (exact) mass is 268 g/mol. The molecule has 0 aliphatic carbocycles. The Morgan fingerprint density at radius 1 is 1.50 bits per heavy atom. The number of aryl methyl sites for hydroxylation is 1. The van der Waals surface area contributed by atoms with Crippen molar-refractivity contribution in [3.63, 3.8) is 0 Å². The molecule has 1 saturated heterocycles. The third kappa shape index (κ3) is 3.08. The van der Waals surface area contributed by atoms with Crippen molar-refractivity contribution in [2.45, 2.75) is 30.6 Å². The third-order valence-electron chi connectivity index (χ3n) is 3.90. The van der Waals surface area contributed by atoms with Crippen molar-refractivity contribution in [2.75, 3.05) is 25.9 Å². The SMILES string of the molecule is CSC1CCCN(C(CN)c2cncn2C)CC1. The summed E-state index contributed by atoms with van der Waals surface area (Å²) in [6.45, 7) is 2.98. The van der Waals surface area contributed by atoms with Crippen molar-refractivity contribution < 1.29 is 0 Å². The first-order valence-corrected chi connectivity index (χ1v) is 7.98. The predicted molar refractivity (Wildman–Crippen MR) is 77.7 cm³/mol. The van der Waals surface area contributed by atoms with Crippen LogP contribution in [0.25, 0.3) is 0 Å². The van der Waals surface area contributed by atoms with Gasteiger partial charge in [-0.2, -0.15) is 11.8 Å². The van der Waals surface area contributed by atoms with Crippen molar-refractivity contribution in [2.24, 2.45) is 12.8 Å². The molecule has 4 nitrogen and oxygen atoms in total. The summed E-state index contributed by atoms with van der Waals surface area (Å²) in [7, 11) is 2.05. The summed E-state index contributed by atoms with van der Waals surface area (Å²) in [5.41, 5.74) is 7.23. The summed E-state index contributed by atoms with van der Waals surface area (Å²) in [6, 6.07) is 0.318. The highest BCUT2D eigenvalue weighted by Crippen LogP contribution is 2.26. The molecule has 0 saturated carbocycles. The van der Waals surface area contributed by atoms with Crippen LogP contribution in [0.15, 0.2) is 12.5 Å². The second-order valence-electron chi connectivity index (χ2n) is 5.01. The number of imidazole rings is 1. The summed E-state index contributed by atoms with van der Waals surface area (Å²) < 4.78 is 2.09. The average molecular weight is 268 g/mol. The van der Waals surface area contributed by atoms with E-state index in [1.165, 1.54) is 25.0 Å². The van der Waals surface area contributed by atoms with Gasteiger partial charge in [0, 0.05) is 25.0 Å². The third-order valence-corrected chi connectivity index (χ3v) is 5.04. The molecule has 1 fully saturated rings. The van der Waals surface area contributed by atoms with Gasteiger partial charge in [-0.1, -0.05) is 0 Å². The minimum absolute atomic E-state index is 0.318. The van der Waals surface area contributed by atoms with Gasteiger partial charge in [0.15, 0.2) is 0 Å². The maximum atomic E-state index is 5.99. The maximum Gasteiger partial charge on any atom is 0.0946 e. The van der Waals surface area contributed by atoms with Crippen LogP contribution >= 0.6 is 11.8 Å². The van der Waals surface area contributed by atoms with Gasteiger partial charge in [0.1, 0.15) is 0 Å². The van der Waals surface area contributed by atoms with Crippen LogP contribution in [0.5, 0.6) is 0 Å². The zero-order valence-electron chi connectivity index (χ0n) is 11.4. The molecule has 2 N–H and O–H groups in total. The lowest BCUT2D eigenvalue weighted by Gasteiger charge is -2.29. The quantitative estimate of drug-likeness (QED) is 0.902. The van der Waals surface area contributed by atoms with E-state index < -0.39 is 0 Å². The minimum Gasteiger partial charge on any atom is -0.336 e. The molecule has 0 amide bonds. The van der Waals surface area contributed by atoms with Crippen molar-refractivity contribution in [1.82, 2.24) is 14.5 Å². The van der Waals surface area contributed by atoms with E-state index in [4.69, 9.17) is 5.73 Å². The topological polar surface area (TPSA) is 47.1 Å². The lowest BCUT2D eigenvalue weighted by Crippen LogP contribution is -2.35. The van der Waals surface area contributed by atoms with Gasteiger partial charge < -0.3 is 10.3 Å². The van der Waals surface area contributed by atoms with E-state index in [0.29, 0.717) is 12.6 Å². The maximum absolute atomic E-state index is 5.99. The Kier molecular flexibility index (Phi) is 5.09. The first kappa shape index (κ1) is 13.9. The second kappa shape index (κ2) is 6.59. The van der Waals surface area contributed by atoms with Gasteiger partial charge in [-0.05, 0) is 38.6 Å². The Bertz CT molecular complexity index is 366. The standard InChI is InChI=1S/C13H24N4S/c1-16-10-15-9-13(16)12(8-14)17-6-3-4-11(18-2)5-7-17/h9-12H,3-8,14H2,1-2H3. The zero-order valence-corrected chi connectivity index (χ0v) is 12.2. The molecule has 2 heterocycles. The Hall–Kier alpha value is -0.520. The molecule has 1 aromatic heterocycles. The number of aromatic nitrogens is 2. The number of nitrogens with zero attached hydrogens (tertiary/aromatic N) is 3. The first-order chi connectivity index (χ1) is 8.76. The lowest BCUT2D eigenvalue weighted by atomic mass is 10.1. The summed E-state index contributed by atoms with van der Waals surface area (Å²) in [4.78, 5) is 6.75. The average Bonchev–Trinajstić information content (AvgIpc) is 2.67. The molecular weight excluding hydrogens is 244 g/mol. The van der Waals surface area contributed by atoms with E-state index in [-0.39, 0.29) is 0 Å². The molecule has 0 spiro atoms. The molecule has 1 aromatic rings. The highest BCUT2D eigenvalue weighted by Gasteiger charge is 2.24. The van der Waals surface area contributed by atoms with Crippen LogP contribution in [0.2, 0.25) is 0 Å². The van der Waals surface area contributed by atoms with E-state index in [2.05, 4.69) is 20.7 Å². The summed E-state index contributed by atoms with van der Waals surface area (Å²) in [5.74, 6) is 0. The highest BCUT2D eigenvalue weighted by atomic mass is 32.2.